The Morgan fingerprint density at radius 3 is 1.01 bits per heavy atom. The summed E-state index contributed by atoms with van der Waals surface area (Å²) in [5.74, 6) is -1.45. The van der Waals surface area contributed by atoms with E-state index in [1.807, 2.05) is 22.8 Å². The molecule has 0 aromatic rings. The first kappa shape index (κ1) is 126. The molecular weight excluding hydrogens is 1820 g/mol. The van der Waals surface area contributed by atoms with Crippen molar-refractivity contribution in [1.82, 2.24) is 53.9 Å². The van der Waals surface area contributed by atoms with E-state index in [-0.39, 0.29) is 48.3 Å². The van der Waals surface area contributed by atoms with Crippen LogP contribution in [0.1, 0.15) is 45.4 Å². The Morgan fingerprint density at radius 2 is 0.677 bits per heavy atom. The number of rotatable bonds is 35. The molecule has 4 atom stereocenters. The Balaban J connectivity index is 0.000000734. The van der Waals surface area contributed by atoms with Gasteiger partial charge in [-0.3, -0.25) is 86.7 Å². The Bertz CT molecular complexity index is 3400. The molecule has 47 nitrogen and oxygen atoms in total. The quantitative estimate of drug-likeness (QED) is 0.00714. The smallest absolute Gasteiger partial charge is 0.319 e. The van der Waals surface area contributed by atoms with E-state index in [1.165, 1.54) is 14.2 Å². The normalized spacial score (nSPS) is 20.6. The zero-order valence-corrected chi connectivity index (χ0v) is 81.2. The topological polar surface area (TPSA) is 589 Å². The van der Waals surface area contributed by atoms with Gasteiger partial charge in [0.05, 0.1) is 253 Å². The lowest BCUT2D eigenvalue weighted by atomic mass is 10.0. The third-order valence-electron chi connectivity index (χ3n) is 20.9. The number of ether oxygens (including phenoxy) is 14. The standard InChI is InChI=1S/C10H19NO6.C9H17NO3.C8H12N2O.C8H17NO4S.C8H15NO3.C7H12N2O.C7H15NO4S.C7H13NO3.C7H15NO3.C6H10N2O.C6H13NO4S/c12-6-8(14)10(16)9(15)7(13)5-11-1-3-17-4-2-11;1-2-13-9(11)3-4-10-5-7-12-8-6-10;1-8(6-9)7-10-2-4-11-5-3-10;10-14(11,12)8-2-1-3-9-4-6-13-7-5-9;1-11-8(10)2-3-9-4-6-12-7-5-9;8-2-1-3-9-4-6-10-7-5-9;9-13(10,11)7-1-2-8-3-5-12-6-4-8;1-10-7(9)6-8-2-4-11-5-3-8;9-6-7(10)5-8-1-3-11-4-2-8;7-1-2-8-3-5-9-6-4-8;8-12(9,10)6-3-7-1-4-11-5-2-7/h8-10,12,14-16H,1-6H2;2-8H2,1H3;1-5,7H2;1-8H2,(H,10,11,12);2-7H2,1H3;1,3-7H2;1-7H2,(H,9,10,11);2-6H2,1H3;7,9-10H,1-6H2;2-6H2;1-6H2,(H,8,9,10). The van der Waals surface area contributed by atoms with Gasteiger partial charge in [-0.15, -0.1) is 0 Å². The minimum absolute atomic E-state index is 0.000263. The molecule has 0 radical (unpaired) electrons. The summed E-state index contributed by atoms with van der Waals surface area (Å²) in [6, 6.07) is 6.28. The van der Waals surface area contributed by atoms with Crippen molar-refractivity contribution < 1.29 is 155 Å². The SMILES string of the molecule is C=C(C#N)CN1CCOCC1.CCOC(=O)CCN1CCOCC1.COC(=O)CCN1CCOCC1.COC(=O)CN1CCOCC1.N#CCCN1CCOCC1.N#CCN1CCOCC1.O=C(CN1CCOCC1)C(O)C(O)C(O)CO.O=S(=O)(O)CCCCN1CCOCC1.O=S(=O)(O)CCCN1CCOCC1.O=S(=O)(O)CCN1CCOCC1.OCC(O)CN1CCOCC1. The van der Waals surface area contributed by atoms with Crippen molar-refractivity contribution in [2.24, 2.45) is 0 Å². The molecule has 133 heavy (non-hydrogen) atoms. The van der Waals surface area contributed by atoms with Crippen LogP contribution in [-0.2, 0) is 116 Å². The van der Waals surface area contributed by atoms with Crippen molar-refractivity contribution >= 4 is 54.0 Å². The molecule has 11 aliphatic heterocycles. The van der Waals surface area contributed by atoms with Crippen molar-refractivity contribution in [2.45, 2.75) is 69.9 Å². The van der Waals surface area contributed by atoms with Crippen molar-refractivity contribution in [3.63, 3.8) is 0 Å². The van der Waals surface area contributed by atoms with E-state index in [9.17, 15) is 54.6 Å². The highest BCUT2D eigenvalue weighted by Crippen LogP contribution is 2.10. The minimum atomic E-state index is -3.81. The number of methoxy groups -OCH3 is 2. The van der Waals surface area contributed by atoms with E-state index in [4.69, 9.17) is 107 Å². The van der Waals surface area contributed by atoms with Gasteiger partial charge in [0.2, 0.25) is 0 Å². The number of esters is 3. The molecule has 776 valence electrons. The fourth-order valence-corrected chi connectivity index (χ4v) is 14.5. The molecule has 11 fully saturated rings. The zero-order chi connectivity index (χ0) is 98.4. The summed E-state index contributed by atoms with van der Waals surface area (Å²) in [4.78, 5) is 67.3. The van der Waals surface area contributed by atoms with Crippen LogP contribution in [0.2, 0.25) is 0 Å². The molecule has 0 aromatic heterocycles. The van der Waals surface area contributed by atoms with Crippen LogP contribution >= 0.6 is 0 Å². The average molecular weight is 1980 g/mol. The van der Waals surface area contributed by atoms with Gasteiger partial charge in [0.25, 0.3) is 30.4 Å². The number of carbonyl (C=O) groups is 4. The van der Waals surface area contributed by atoms with Crippen LogP contribution in [0.5, 0.6) is 0 Å². The summed E-state index contributed by atoms with van der Waals surface area (Å²) in [5.41, 5.74) is 0.631. The molecule has 50 heteroatoms. The van der Waals surface area contributed by atoms with Gasteiger partial charge < -0.3 is 97.0 Å². The maximum Gasteiger partial charge on any atom is 0.319 e. The maximum atomic E-state index is 11.6. The molecule has 0 bridgehead atoms. The van der Waals surface area contributed by atoms with E-state index in [0.717, 1.165) is 269 Å². The van der Waals surface area contributed by atoms with Crippen molar-refractivity contribution in [2.75, 3.05) is 413 Å². The molecule has 9 N–H and O–H groups in total. The lowest BCUT2D eigenvalue weighted by molar-refractivity contribution is -0.144. The maximum absolute atomic E-state index is 11.6. The number of Topliss-reactive ketones (excluding diaryl/α,β-unsaturated/α-hetero) is 1. The number of hydrogen-bond acceptors (Lipinski definition) is 44. The molecule has 11 aliphatic rings. The largest absolute Gasteiger partial charge is 0.469 e. The van der Waals surface area contributed by atoms with Crippen LogP contribution < -0.4 is 0 Å². The zero-order valence-electron chi connectivity index (χ0n) is 78.7. The number of nitriles is 3. The number of nitrogens with zero attached hydrogens (tertiary/aromatic N) is 14. The van der Waals surface area contributed by atoms with Crippen LogP contribution in [0.4, 0.5) is 0 Å². The van der Waals surface area contributed by atoms with E-state index in [1.54, 1.807) is 4.90 Å². The number of ketones is 1. The van der Waals surface area contributed by atoms with Gasteiger partial charge in [0.1, 0.15) is 18.3 Å². The first-order valence-electron chi connectivity index (χ1n) is 45.5. The fraction of sp³-hybridized carbons (Fsp3) is 0.892. The first-order chi connectivity index (χ1) is 63.8. The molecule has 0 aromatic carbocycles. The Morgan fingerprint density at radius 1 is 0.368 bits per heavy atom. The van der Waals surface area contributed by atoms with Crippen molar-refractivity contribution in [1.29, 1.82) is 15.8 Å². The number of morpholine rings is 11. The molecular formula is C83H158N14O33S3. The summed E-state index contributed by atoms with van der Waals surface area (Å²) in [7, 11) is -8.54. The second kappa shape index (κ2) is 81.7. The molecule has 0 spiro atoms. The summed E-state index contributed by atoms with van der Waals surface area (Å²) in [5, 5.41) is 79.2. The third-order valence-corrected chi connectivity index (χ3v) is 23.2. The predicted molar refractivity (Wildman–Crippen MR) is 487 cm³/mol. The Kier molecular flexibility index (Phi) is 77.4. The van der Waals surface area contributed by atoms with Crippen LogP contribution in [0.3, 0.4) is 0 Å². The molecule has 0 saturated carbocycles. The number of aliphatic hydroxyl groups is 6. The third kappa shape index (κ3) is 75.5. The van der Waals surface area contributed by atoms with Crippen LogP contribution in [0.25, 0.3) is 0 Å². The summed E-state index contributed by atoms with van der Waals surface area (Å²) >= 11 is 0. The van der Waals surface area contributed by atoms with E-state index >= 15 is 0 Å². The number of unbranched alkanes of at least 4 members (excludes halogenated alkanes) is 1. The molecule has 0 aliphatic carbocycles. The van der Waals surface area contributed by atoms with E-state index < -0.39 is 67.2 Å². The fourth-order valence-electron chi connectivity index (χ4n) is 13.0. The minimum Gasteiger partial charge on any atom is -0.469 e. The van der Waals surface area contributed by atoms with Gasteiger partial charge in [-0.05, 0) is 39.3 Å². The van der Waals surface area contributed by atoms with Crippen molar-refractivity contribution in [3.05, 3.63) is 12.2 Å². The van der Waals surface area contributed by atoms with Gasteiger partial charge in [0, 0.05) is 195 Å². The second-order valence-electron chi connectivity index (χ2n) is 31.3. The number of hydrogen-bond donors (Lipinski definition) is 9. The van der Waals surface area contributed by atoms with Crippen LogP contribution in [-0.4, -0.2) is 584 Å². The number of β-amino-alcohol motifs (C(OH)–C–C–N with tert-alkyl or cyclic N) is 1. The average Bonchev–Trinajstić information content (AvgIpc) is 0.877. The van der Waals surface area contributed by atoms with Gasteiger partial charge in [-0.1, -0.05) is 6.58 Å². The monoisotopic (exact) mass is 1980 g/mol. The van der Waals surface area contributed by atoms with E-state index in [2.05, 4.69) is 67.4 Å². The van der Waals surface area contributed by atoms with Crippen molar-refractivity contribution in [3.8, 4) is 18.2 Å². The Labute approximate surface area is 787 Å². The Hall–Kier alpha value is -5.10. The van der Waals surface area contributed by atoms with Gasteiger partial charge >= 0.3 is 17.9 Å². The first-order valence-corrected chi connectivity index (χ1v) is 50.4. The molecule has 11 rings (SSSR count). The summed E-state index contributed by atoms with van der Waals surface area (Å²) in [6.07, 6.45) is -2.03. The molecule has 4 unspecified atom stereocenters. The van der Waals surface area contributed by atoms with Crippen LogP contribution in [0.15, 0.2) is 12.2 Å². The lowest BCUT2D eigenvalue weighted by Crippen LogP contribution is -2.48. The van der Waals surface area contributed by atoms with Gasteiger partial charge in [-0.2, -0.15) is 41.0 Å². The molecule has 11 heterocycles. The number of aliphatic hydroxyl groups excluding tert-OH is 6. The second-order valence-corrected chi connectivity index (χ2v) is 36.1. The highest BCUT2D eigenvalue weighted by atomic mass is 32.2. The highest BCUT2D eigenvalue weighted by Gasteiger charge is 2.31. The predicted octanol–water partition coefficient (Wildman–Crippen LogP) is -5.46. The molecule has 0 amide bonds. The van der Waals surface area contributed by atoms with Crippen LogP contribution in [0, 0.1) is 34.0 Å². The molecule has 11 saturated heterocycles. The number of carbonyl (C=O) groups excluding carboxylic acids is 4. The lowest BCUT2D eigenvalue weighted by Gasteiger charge is -2.28. The van der Waals surface area contributed by atoms with Gasteiger partial charge in [0.15, 0.2) is 5.78 Å². The summed E-state index contributed by atoms with van der Waals surface area (Å²) < 4.78 is 158. The van der Waals surface area contributed by atoms with E-state index in [0.29, 0.717) is 136 Å². The van der Waals surface area contributed by atoms with Gasteiger partial charge in [-0.25, -0.2) is 0 Å². The summed E-state index contributed by atoms with van der Waals surface area (Å²) in [6.45, 7) is 46.8. The highest BCUT2D eigenvalue weighted by molar-refractivity contribution is 7.86.